The molecular weight excluding hydrogens is 318 g/mol. The van der Waals surface area contributed by atoms with Crippen molar-refractivity contribution in [2.24, 2.45) is 7.05 Å². The number of aryl methyl sites for hydroxylation is 3. The predicted molar refractivity (Wildman–Crippen MR) is 93.8 cm³/mol. The molecule has 0 aromatic carbocycles. The smallest absolute Gasteiger partial charge is 0.258 e. The zero-order valence-corrected chi connectivity index (χ0v) is 14.2. The second-order valence-electron chi connectivity index (χ2n) is 5.99. The van der Waals surface area contributed by atoms with Gasteiger partial charge in [-0.05, 0) is 31.5 Å². The first kappa shape index (κ1) is 15.3. The van der Waals surface area contributed by atoms with Gasteiger partial charge in [0, 0.05) is 30.8 Å². The Morgan fingerprint density at radius 1 is 1.16 bits per heavy atom. The highest BCUT2D eigenvalue weighted by atomic mass is 16.5. The number of aromatic nitrogens is 5. The molecule has 0 aliphatic rings. The van der Waals surface area contributed by atoms with Gasteiger partial charge in [-0.1, -0.05) is 6.07 Å². The standard InChI is InChI=1S/C18H17N5O2/c1-11-8-15(20-18-17(11)12(2)21-22(18)3)25-10-13-9-16(24)23-7-5-4-6-14(23)19-13/h4-9H,10H2,1-3H3. The fraction of sp³-hybridized carbons (Fsp3) is 0.222. The van der Waals surface area contributed by atoms with Crippen LogP contribution in [0.1, 0.15) is 17.0 Å². The Morgan fingerprint density at radius 3 is 2.84 bits per heavy atom. The summed E-state index contributed by atoms with van der Waals surface area (Å²) < 4.78 is 9.02. The molecule has 0 N–H and O–H groups in total. The largest absolute Gasteiger partial charge is 0.471 e. The summed E-state index contributed by atoms with van der Waals surface area (Å²) >= 11 is 0. The molecule has 0 aliphatic heterocycles. The second-order valence-corrected chi connectivity index (χ2v) is 5.99. The minimum Gasteiger partial charge on any atom is -0.471 e. The number of fused-ring (bicyclic) bond motifs is 2. The minimum atomic E-state index is -0.133. The van der Waals surface area contributed by atoms with Gasteiger partial charge in [-0.2, -0.15) is 10.1 Å². The molecule has 0 saturated heterocycles. The van der Waals surface area contributed by atoms with Gasteiger partial charge in [-0.3, -0.25) is 13.9 Å². The first-order valence-corrected chi connectivity index (χ1v) is 7.94. The minimum absolute atomic E-state index is 0.133. The van der Waals surface area contributed by atoms with Crippen LogP contribution in [0.5, 0.6) is 5.88 Å². The maximum absolute atomic E-state index is 12.1. The third-order valence-electron chi connectivity index (χ3n) is 4.13. The van der Waals surface area contributed by atoms with Crippen molar-refractivity contribution in [1.29, 1.82) is 0 Å². The molecule has 0 bridgehead atoms. The highest BCUT2D eigenvalue weighted by molar-refractivity contribution is 5.82. The summed E-state index contributed by atoms with van der Waals surface area (Å²) in [6.07, 6.45) is 1.69. The third kappa shape index (κ3) is 2.63. The average Bonchev–Trinajstić information content (AvgIpc) is 2.88. The highest BCUT2D eigenvalue weighted by Gasteiger charge is 2.12. The fourth-order valence-corrected chi connectivity index (χ4v) is 3.03. The van der Waals surface area contributed by atoms with Crippen molar-refractivity contribution in [1.82, 2.24) is 24.1 Å². The molecule has 4 aromatic rings. The Bertz CT molecular complexity index is 1160. The Morgan fingerprint density at radius 2 is 2.00 bits per heavy atom. The average molecular weight is 335 g/mol. The van der Waals surface area contributed by atoms with Gasteiger partial charge in [-0.25, -0.2) is 4.98 Å². The van der Waals surface area contributed by atoms with Crippen LogP contribution in [0.2, 0.25) is 0 Å². The Balaban J connectivity index is 1.66. The SMILES string of the molecule is Cc1cc(OCc2cc(=O)n3ccccc3n2)nc2c1c(C)nn2C. The molecular formula is C18H17N5O2. The Hall–Kier alpha value is -3.22. The van der Waals surface area contributed by atoms with Crippen LogP contribution >= 0.6 is 0 Å². The fourth-order valence-electron chi connectivity index (χ4n) is 3.03. The molecule has 4 rings (SSSR count). The normalized spacial score (nSPS) is 11.3. The molecule has 0 amide bonds. The van der Waals surface area contributed by atoms with E-state index in [-0.39, 0.29) is 12.2 Å². The summed E-state index contributed by atoms with van der Waals surface area (Å²) in [5.74, 6) is 0.489. The lowest BCUT2D eigenvalue weighted by atomic mass is 10.2. The second kappa shape index (κ2) is 5.70. The van der Waals surface area contributed by atoms with E-state index in [0.717, 1.165) is 22.3 Å². The van der Waals surface area contributed by atoms with E-state index < -0.39 is 0 Å². The van der Waals surface area contributed by atoms with Crippen molar-refractivity contribution < 1.29 is 4.74 Å². The van der Waals surface area contributed by atoms with Gasteiger partial charge in [0.05, 0.1) is 11.4 Å². The van der Waals surface area contributed by atoms with E-state index in [4.69, 9.17) is 4.74 Å². The lowest BCUT2D eigenvalue weighted by Gasteiger charge is -2.08. The van der Waals surface area contributed by atoms with Crippen molar-refractivity contribution in [3.05, 3.63) is 63.8 Å². The van der Waals surface area contributed by atoms with Crippen molar-refractivity contribution in [2.45, 2.75) is 20.5 Å². The number of hydrogen-bond acceptors (Lipinski definition) is 5. The number of rotatable bonds is 3. The summed E-state index contributed by atoms with van der Waals surface area (Å²) in [5.41, 5.74) is 3.80. The molecule has 0 radical (unpaired) electrons. The Kier molecular flexibility index (Phi) is 3.49. The highest BCUT2D eigenvalue weighted by Crippen LogP contribution is 2.24. The van der Waals surface area contributed by atoms with Crippen molar-refractivity contribution in [3.8, 4) is 5.88 Å². The van der Waals surface area contributed by atoms with Crippen molar-refractivity contribution >= 4 is 16.7 Å². The quantitative estimate of drug-likeness (QED) is 0.574. The van der Waals surface area contributed by atoms with Gasteiger partial charge in [0.2, 0.25) is 5.88 Å². The molecule has 0 atom stereocenters. The van der Waals surface area contributed by atoms with Crippen LogP contribution < -0.4 is 10.3 Å². The maximum Gasteiger partial charge on any atom is 0.258 e. The third-order valence-corrected chi connectivity index (χ3v) is 4.13. The Labute approximate surface area is 143 Å². The molecule has 7 heteroatoms. The number of ether oxygens (including phenoxy) is 1. The van der Waals surface area contributed by atoms with E-state index in [1.807, 2.05) is 33.0 Å². The van der Waals surface area contributed by atoms with E-state index in [9.17, 15) is 4.79 Å². The molecule has 4 heterocycles. The van der Waals surface area contributed by atoms with Crippen LogP contribution in [0.3, 0.4) is 0 Å². The molecule has 0 unspecified atom stereocenters. The van der Waals surface area contributed by atoms with Crippen LogP contribution in [0.15, 0.2) is 41.3 Å². The van der Waals surface area contributed by atoms with E-state index in [0.29, 0.717) is 17.2 Å². The van der Waals surface area contributed by atoms with Crippen LogP contribution in [-0.4, -0.2) is 24.1 Å². The summed E-state index contributed by atoms with van der Waals surface area (Å²) in [6.45, 7) is 4.14. The number of hydrogen-bond donors (Lipinski definition) is 0. The van der Waals surface area contributed by atoms with Crippen LogP contribution in [0.4, 0.5) is 0 Å². The van der Waals surface area contributed by atoms with Gasteiger partial charge in [-0.15, -0.1) is 0 Å². The molecule has 0 saturated carbocycles. The monoisotopic (exact) mass is 335 g/mol. The molecule has 0 fully saturated rings. The van der Waals surface area contributed by atoms with Crippen LogP contribution in [0, 0.1) is 13.8 Å². The summed E-state index contributed by atoms with van der Waals surface area (Å²) in [6, 6.07) is 8.79. The molecule has 0 aliphatic carbocycles. The summed E-state index contributed by atoms with van der Waals surface area (Å²) in [5, 5.41) is 5.44. The molecule has 0 spiro atoms. The van der Waals surface area contributed by atoms with E-state index in [1.165, 1.54) is 10.5 Å². The van der Waals surface area contributed by atoms with Gasteiger partial charge in [0.1, 0.15) is 12.3 Å². The zero-order chi connectivity index (χ0) is 17.6. The molecule has 4 aromatic heterocycles. The summed E-state index contributed by atoms with van der Waals surface area (Å²) in [7, 11) is 1.86. The van der Waals surface area contributed by atoms with Gasteiger partial charge in [0.15, 0.2) is 5.65 Å². The van der Waals surface area contributed by atoms with Crippen molar-refractivity contribution in [3.63, 3.8) is 0 Å². The lowest BCUT2D eigenvalue weighted by molar-refractivity contribution is 0.290. The van der Waals surface area contributed by atoms with Gasteiger partial charge in [0.25, 0.3) is 5.56 Å². The number of pyridine rings is 2. The molecule has 7 nitrogen and oxygen atoms in total. The van der Waals surface area contributed by atoms with Crippen molar-refractivity contribution in [2.75, 3.05) is 0 Å². The van der Waals surface area contributed by atoms with E-state index in [1.54, 1.807) is 23.0 Å². The first-order chi connectivity index (χ1) is 12.0. The molecule has 25 heavy (non-hydrogen) atoms. The number of nitrogens with zero attached hydrogens (tertiary/aromatic N) is 5. The van der Waals surface area contributed by atoms with Gasteiger partial charge < -0.3 is 4.74 Å². The van der Waals surface area contributed by atoms with E-state index >= 15 is 0 Å². The first-order valence-electron chi connectivity index (χ1n) is 7.94. The topological polar surface area (TPSA) is 74.3 Å². The van der Waals surface area contributed by atoms with Crippen LogP contribution in [-0.2, 0) is 13.7 Å². The maximum atomic E-state index is 12.1. The lowest BCUT2D eigenvalue weighted by Crippen LogP contribution is -2.16. The van der Waals surface area contributed by atoms with Crippen LogP contribution in [0.25, 0.3) is 16.7 Å². The predicted octanol–water partition coefficient (Wildman–Crippen LogP) is 2.17. The van der Waals surface area contributed by atoms with Gasteiger partial charge >= 0.3 is 0 Å². The summed E-state index contributed by atoms with van der Waals surface area (Å²) in [4.78, 5) is 21.1. The van der Waals surface area contributed by atoms with E-state index in [2.05, 4.69) is 15.1 Å². The zero-order valence-electron chi connectivity index (χ0n) is 14.2. The molecule has 126 valence electrons.